The smallest absolute Gasteiger partial charge is 0.110 e. The zero-order chi connectivity index (χ0) is 10.8. The Labute approximate surface area is 98.2 Å². The number of hydrogen-bond acceptors (Lipinski definition) is 1. The summed E-state index contributed by atoms with van der Waals surface area (Å²) in [5.74, 6) is 1.86. The maximum Gasteiger partial charge on any atom is 0.110 e. The third-order valence-corrected chi connectivity index (χ3v) is 2.92. The highest BCUT2D eigenvalue weighted by molar-refractivity contribution is 9.10. The first-order valence-corrected chi connectivity index (χ1v) is 6.27. The maximum absolute atomic E-state index is 4.54. The number of aromatic amines is 1. The molecule has 0 radical (unpaired) electrons. The fraction of sp³-hybridized carbons (Fsp3) is 0.417. The number of H-pyrrole nitrogens is 1. The summed E-state index contributed by atoms with van der Waals surface area (Å²) in [6, 6.07) is 6.15. The fourth-order valence-corrected chi connectivity index (χ4v) is 1.91. The summed E-state index contributed by atoms with van der Waals surface area (Å²) in [6.07, 6.45) is 2.59. The van der Waals surface area contributed by atoms with Crippen LogP contribution in [0.25, 0.3) is 11.0 Å². The van der Waals surface area contributed by atoms with Gasteiger partial charge in [-0.25, -0.2) is 4.98 Å². The first-order valence-electron chi connectivity index (χ1n) is 5.48. The Bertz CT molecular complexity index is 458. The average molecular weight is 267 g/mol. The molecule has 3 heteroatoms. The van der Waals surface area contributed by atoms with Gasteiger partial charge in [0.2, 0.25) is 0 Å². The molecule has 1 aromatic heterocycles. The van der Waals surface area contributed by atoms with Crippen molar-refractivity contribution in [1.29, 1.82) is 0 Å². The molecule has 1 aromatic carbocycles. The summed E-state index contributed by atoms with van der Waals surface area (Å²) < 4.78 is 1.10. The molecule has 80 valence electrons. The second-order valence-corrected chi connectivity index (χ2v) is 4.47. The Morgan fingerprint density at radius 2 is 2.07 bits per heavy atom. The van der Waals surface area contributed by atoms with Crippen LogP contribution in [0.1, 0.15) is 38.4 Å². The van der Waals surface area contributed by atoms with E-state index in [2.05, 4.69) is 32.0 Å². The molecule has 3 rings (SSSR count). The van der Waals surface area contributed by atoms with Crippen molar-refractivity contribution in [2.45, 2.75) is 32.6 Å². The van der Waals surface area contributed by atoms with E-state index >= 15 is 0 Å². The van der Waals surface area contributed by atoms with Crippen LogP contribution < -0.4 is 0 Å². The van der Waals surface area contributed by atoms with Crippen molar-refractivity contribution in [3.63, 3.8) is 0 Å². The fourth-order valence-electron chi connectivity index (χ4n) is 1.55. The van der Waals surface area contributed by atoms with Crippen LogP contribution in [0.3, 0.4) is 0 Å². The molecule has 1 aliphatic rings. The normalized spacial score (nSPS) is 14.9. The van der Waals surface area contributed by atoms with Gasteiger partial charge in [-0.05, 0) is 31.0 Å². The lowest BCUT2D eigenvalue weighted by atomic mass is 10.3. The summed E-state index contributed by atoms with van der Waals surface area (Å²) in [4.78, 5) is 7.90. The molecular formula is C12H15BrN2. The van der Waals surface area contributed by atoms with Crippen LogP contribution in [0.5, 0.6) is 0 Å². The van der Waals surface area contributed by atoms with Crippen molar-refractivity contribution >= 4 is 27.0 Å². The van der Waals surface area contributed by atoms with Gasteiger partial charge in [-0.1, -0.05) is 29.8 Å². The van der Waals surface area contributed by atoms with Gasteiger partial charge in [-0.3, -0.25) is 0 Å². The van der Waals surface area contributed by atoms with Crippen LogP contribution in [-0.2, 0) is 0 Å². The van der Waals surface area contributed by atoms with Crippen molar-refractivity contribution < 1.29 is 0 Å². The quantitative estimate of drug-likeness (QED) is 0.822. The van der Waals surface area contributed by atoms with E-state index in [1.165, 1.54) is 12.8 Å². The van der Waals surface area contributed by atoms with Gasteiger partial charge in [0.05, 0.1) is 11.0 Å². The average Bonchev–Trinajstić information content (AvgIpc) is 3.02. The highest BCUT2D eigenvalue weighted by Crippen LogP contribution is 2.39. The van der Waals surface area contributed by atoms with E-state index in [1.807, 2.05) is 26.0 Å². The molecule has 0 aliphatic heterocycles. The molecular weight excluding hydrogens is 252 g/mol. The summed E-state index contributed by atoms with van der Waals surface area (Å²) in [6.45, 7) is 4.00. The second kappa shape index (κ2) is 4.35. The van der Waals surface area contributed by atoms with Gasteiger partial charge in [-0.2, -0.15) is 0 Å². The molecule has 0 bridgehead atoms. The highest BCUT2D eigenvalue weighted by Gasteiger charge is 2.26. The number of nitrogens with one attached hydrogen (secondary N) is 1. The summed E-state index contributed by atoms with van der Waals surface area (Å²) >= 11 is 3.45. The molecule has 1 aliphatic carbocycles. The van der Waals surface area contributed by atoms with Gasteiger partial charge in [0.15, 0.2) is 0 Å². The van der Waals surface area contributed by atoms with E-state index in [0.717, 1.165) is 21.3 Å². The van der Waals surface area contributed by atoms with Gasteiger partial charge < -0.3 is 4.98 Å². The van der Waals surface area contributed by atoms with Crippen LogP contribution in [0.15, 0.2) is 22.7 Å². The predicted molar refractivity (Wildman–Crippen MR) is 67.1 cm³/mol. The van der Waals surface area contributed by atoms with E-state index in [9.17, 15) is 0 Å². The van der Waals surface area contributed by atoms with Crippen molar-refractivity contribution in [3.05, 3.63) is 28.5 Å². The Kier molecular flexibility index (Phi) is 3.10. The van der Waals surface area contributed by atoms with Crippen LogP contribution in [0.4, 0.5) is 0 Å². The number of imidazole rings is 1. The van der Waals surface area contributed by atoms with E-state index in [1.54, 1.807) is 0 Å². The molecule has 0 saturated heterocycles. The molecule has 15 heavy (non-hydrogen) atoms. The second-order valence-electron chi connectivity index (χ2n) is 3.56. The minimum absolute atomic E-state index is 0.700. The number of halogens is 1. The standard InChI is InChI=1S/C10H9BrN2.C2H6/c11-7-3-4-8-9(5-7)13-10(12-8)6-1-2-6;1-2/h3-6H,1-2H2,(H,12,13);1-2H3. The molecule has 0 unspecified atom stereocenters. The molecule has 0 atom stereocenters. The van der Waals surface area contributed by atoms with E-state index in [0.29, 0.717) is 5.92 Å². The van der Waals surface area contributed by atoms with Crippen molar-refractivity contribution in [3.8, 4) is 0 Å². The zero-order valence-electron chi connectivity index (χ0n) is 9.05. The van der Waals surface area contributed by atoms with Gasteiger partial charge in [0.25, 0.3) is 0 Å². The van der Waals surface area contributed by atoms with Crippen LogP contribution in [-0.4, -0.2) is 9.97 Å². The Morgan fingerprint density at radius 3 is 2.73 bits per heavy atom. The van der Waals surface area contributed by atoms with Crippen LogP contribution in [0, 0.1) is 0 Å². The number of benzene rings is 1. The minimum Gasteiger partial charge on any atom is -0.342 e. The SMILES string of the molecule is Brc1ccc2nc(C3CC3)[nH]c2c1.CC. The van der Waals surface area contributed by atoms with Crippen molar-refractivity contribution in [1.82, 2.24) is 9.97 Å². The van der Waals surface area contributed by atoms with E-state index in [4.69, 9.17) is 0 Å². The van der Waals surface area contributed by atoms with Crippen molar-refractivity contribution in [2.75, 3.05) is 0 Å². The van der Waals surface area contributed by atoms with Crippen LogP contribution >= 0.6 is 15.9 Å². The molecule has 1 heterocycles. The lowest BCUT2D eigenvalue weighted by Gasteiger charge is -1.87. The molecule has 1 fully saturated rings. The van der Waals surface area contributed by atoms with Crippen molar-refractivity contribution in [2.24, 2.45) is 0 Å². The Morgan fingerprint density at radius 1 is 1.33 bits per heavy atom. The van der Waals surface area contributed by atoms with E-state index < -0.39 is 0 Å². The molecule has 0 amide bonds. The first kappa shape index (κ1) is 10.7. The van der Waals surface area contributed by atoms with E-state index in [-0.39, 0.29) is 0 Å². The van der Waals surface area contributed by atoms with Gasteiger partial charge >= 0.3 is 0 Å². The first-order chi connectivity index (χ1) is 7.33. The molecule has 2 nitrogen and oxygen atoms in total. The predicted octanol–water partition coefficient (Wildman–Crippen LogP) is 4.23. The molecule has 1 N–H and O–H groups in total. The maximum atomic E-state index is 4.54. The van der Waals surface area contributed by atoms with Crippen LogP contribution in [0.2, 0.25) is 0 Å². The number of nitrogens with zero attached hydrogens (tertiary/aromatic N) is 1. The monoisotopic (exact) mass is 266 g/mol. The lowest BCUT2D eigenvalue weighted by molar-refractivity contribution is 0.986. The topological polar surface area (TPSA) is 28.7 Å². The van der Waals surface area contributed by atoms with Gasteiger partial charge in [-0.15, -0.1) is 0 Å². The summed E-state index contributed by atoms with van der Waals surface area (Å²) in [5.41, 5.74) is 2.21. The Hall–Kier alpha value is -0.830. The molecule has 2 aromatic rings. The van der Waals surface area contributed by atoms with Gasteiger partial charge in [0, 0.05) is 10.4 Å². The molecule has 0 spiro atoms. The van der Waals surface area contributed by atoms with Gasteiger partial charge in [0.1, 0.15) is 5.82 Å². The highest BCUT2D eigenvalue weighted by atomic mass is 79.9. The summed E-state index contributed by atoms with van der Waals surface area (Å²) in [5, 5.41) is 0. The number of hydrogen-bond donors (Lipinski definition) is 1. The largest absolute Gasteiger partial charge is 0.342 e. The Balaban J connectivity index is 0.000000404. The molecule has 1 saturated carbocycles. The minimum atomic E-state index is 0.700. The third-order valence-electron chi connectivity index (χ3n) is 2.43. The number of fused-ring (bicyclic) bond motifs is 1. The number of aromatic nitrogens is 2. The zero-order valence-corrected chi connectivity index (χ0v) is 10.6. The third kappa shape index (κ3) is 2.23. The lowest BCUT2D eigenvalue weighted by Crippen LogP contribution is -1.79. The number of rotatable bonds is 1. The summed E-state index contributed by atoms with van der Waals surface area (Å²) in [7, 11) is 0.